The van der Waals surface area contributed by atoms with Gasteiger partial charge < -0.3 is 10.5 Å². The van der Waals surface area contributed by atoms with E-state index in [1.165, 1.54) is 19.4 Å². The monoisotopic (exact) mass is 214 g/mol. The highest BCUT2D eigenvalue weighted by atomic mass is 16.5. The van der Waals surface area contributed by atoms with Crippen LogP contribution in [0.25, 0.3) is 0 Å². The minimum Gasteiger partial charge on any atom is -0.376 e. The van der Waals surface area contributed by atoms with E-state index in [0.29, 0.717) is 6.54 Å². The Labute approximate surface area is 94.0 Å². The maximum Gasteiger partial charge on any atom is 0.0823 e. The van der Waals surface area contributed by atoms with Gasteiger partial charge in [0.25, 0.3) is 0 Å². The van der Waals surface area contributed by atoms with Gasteiger partial charge in [0.15, 0.2) is 0 Å². The molecule has 1 heterocycles. The summed E-state index contributed by atoms with van der Waals surface area (Å²) < 4.78 is 5.61. The molecular formula is C12H26N2O. The zero-order valence-corrected chi connectivity index (χ0v) is 10.4. The van der Waals surface area contributed by atoms with E-state index >= 15 is 0 Å². The van der Waals surface area contributed by atoms with E-state index in [2.05, 4.69) is 18.7 Å². The first-order valence-corrected chi connectivity index (χ1v) is 6.24. The Kier molecular flexibility index (Phi) is 5.58. The molecule has 0 aromatic carbocycles. The Bertz CT molecular complexity index is 173. The zero-order chi connectivity index (χ0) is 11.3. The third-order valence-corrected chi connectivity index (χ3v) is 3.29. The fourth-order valence-corrected chi connectivity index (χ4v) is 2.53. The maximum atomic E-state index is 5.71. The van der Waals surface area contributed by atoms with Crippen LogP contribution in [0, 0.1) is 5.92 Å². The Morgan fingerprint density at radius 2 is 2.20 bits per heavy atom. The molecule has 1 aliphatic heterocycles. The lowest BCUT2D eigenvalue weighted by atomic mass is 10.0. The van der Waals surface area contributed by atoms with Crippen LogP contribution < -0.4 is 5.73 Å². The van der Waals surface area contributed by atoms with Gasteiger partial charge in [-0.1, -0.05) is 13.8 Å². The molecule has 2 unspecified atom stereocenters. The van der Waals surface area contributed by atoms with Crippen LogP contribution in [0.2, 0.25) is 0 Å². The van der Waals surface area contributed by atoms with Crippen molar-refractivity contribution in [3.8, 4) is 0 Å². The van der Waals surface area contributed by atoms with Crippen LogP contribution in [0.4, 0.5) is 0 Å². The molecule has 0 bridgehead atoms. The summed E-state index contributed by atoms with van der Waals surface area (Å²) in [7, 11) is 0. The molecule has 3 nitrogen and oxygen atoms in total. The second-order valence-electron chi connectivity index (χ2n) is 4.76. The van der Waals surface area contributed by atoms with Gasteiger partial charge in [-0.3, -0.25) is 4.90 Å². The van der Waals surface area contributed by atoms with Gasteiger partial charge in [-0.15, -0.1) is 0 Å². The average molecular weight is 214 g/mol. The fraction of sp³-hybridized carbons (Fsp3) is 1.00. The quantitative estimate of drug-likeness (QED) is 0.727. The smallest absolute Gasteiger partial charge is 0.0823 e. The van der Waals surface area contributed by atoms with E-state index in [4.69, 9.17) is 10.5 Å². The third-order valence-electron chi connectivity index (χ3n) is 3.29. The average Bonchev–Trinajstić information content (AvgIpc) is 2.65. The van der Waals surface area contributed by atoms with Gasteiger partial charge in [0.2, 0.25) is 0 Å². The SMILES string of the molecule is CCOC(CN)CN1CCCC1C(C)C. The van der Waals surface area contributed by atoms with Gasteiger partial charge in [0.1, 0.15) is 0 Å². The van der Waals surface area contributed by atoms with E-state index < -0.39 is 0 Å². The first-order valence-electron chi connectivity index (χ1n) is 6.24. The van der Waals surface area contributed by atoms with Crippen molar-refractivity contribution in [2.24, 2.45) is 11.7 Å². The number of likely N-dealkylation sites (tertiary alicyclic amines) is 1. The van der Waals surface area contributed by atoms with Gasteiger partial charge in [-0.05, 0) is 32.2 Å². The molecule has 1 aliphatic rings. The van der Waals surface area contributed by atoms with Crippen molar-refractivity contribution in [3.63, 3.8) is 0 Å². The largest absolute Gasteiger partial charge is 0.376 e. The molecule has 0 radical (unpaired) electrons. The third kappa shape index (κ3) is 3.74. The van der Waals surface area contributed by atoms with E-state index in [1.54, 1.807) is 0 Å². The van der Waals surface area contributed by atoms with E-state index in [0.717, 1.165) is 25.1 Å². The molecular weight excluding hydrogens is 188 g/mol. The highest BCUT2D eigenvalue weighted by Crippen LogP contribution is 2.23. The molecule has 0 spiro atoms. The molecule has 1 fully saturated rings. The Morgan fingerprint density at radius 3 is 2.73 bits per heavy atom. The highest BCUT2D eigenvalue weighted by Gasteiger charge is 2.28. The number of ether oxygens (including phenoxy) is 1. The van der Waals surface area contributed by atoms with E-state index in [1.807, 2.05) is 6.92 Å². The van der Waals surface area contributed by atoms with E-state index in [9.17, 15) is 0 Å². The number of nitrogens with two attached hydrogens (primary N) is 1. The van der Waals surface area contributed by atoms with Crippen molar-refractivity contribution in [3.05, 3.63) is 0 Å². The summed E-state index contributed by atoms with van der Waals surface area (Å²) in [6, 6.07) is 0.736. The van der Waals surface area contributed by atoms with Gasteiger partial charge >= 0.3 is 0 Å². The lowest BCUT2D eigenvalue weighted by molar-refractivity contribution is 0.0312. The summed E-state index contributed by atoms with van der Waals surface area (Å²) in [5.41, 5.74) is 5.71. The van der Waals surface area contributed by atoms with Crippen molar-refractivity contribution in [1.29, 1.82) is 0 Å². The molecule has 3 heteroatoms. The van der Waals surface area contributed by atoms with Crippen LogP contribution in [-0.2, 0) is 4.74 Å². The van der Waals surface area contributed by atoms with Gasteiger partial charge in [-0.25, -0.2) is 0 Å². The van der Waals surface area contributed by atoms with Crippen molar-refractivity contribution < 1.29 is 4.74 Å². The van der Waals surface area contributed by atoms with Crippen LogP contribution in [0.3, 0.4) is 0 Å². The summed E-state index contributed by atoms with van der Waals surface area (Å²) in [5.74, 6) is 0.743. The van der Waals surface area contributed by atoms with Crippen molar-refractivity contribution in [2.75, 3.05) is 26.2 Å². The van der Waals surface area contributed by atoms with Gasteiger partial charge in [-0.2, -0.15) is 0 Å². The minimum absolute atomic E-state index is 0.217. The molecule has 0 aliphatic carbocycles. The van der Waals surface area contributed by atoms with E-state index in [-0.39, 0.29) is 6.10 Å². The molecule has 0 aromatic heterocycles. The number of nitrogens with zero attached hydrogens (tertiary/aromatic N) is 1. The highest BCUT2D eigenvalue weighted by molar-refractivity contribution is 4.83. The fourth-order valence-electron chi connectivity index (χ4n) is 2.53. The Balaban J connectivity index is 2.41. The zero-order valence-electron chi connectivity index (χ0n) is 10.4. The summed E-state index contributed by atoms with van der Waals surface area (Å²) >= 11 is 0. The van der Waals surface area contributed by atoms with Crippen LogP contribution >= 0.6 is 0 Å². The minimum atomic E-state index is 0.217. The number of hydrogen-bond acceptors (Lipinski definition) is 3. The lowest BCUT2D eigenvalue weighted by Gasteiger charge is -2.30. The molecule has 2 N–H and O–H groups in total. The molecule has 0 amide bonds. The second-order valence-corrected chi connectivity index (χ2v) is 4.76. The standard InChI is InChI=1S/C12H26N2O/c1-4-15-11(8-13)9-14-7-5-6-12(14)10(2)3/h10-12H,4-9,13H2,1-3H3. The van der Waals surface area contributed by atoms with Crippen LogP contribution in [0.1, 0.15) is 33.6 Å². The van der Waals surface area contributed by atoms with Crippen LogP contribution in [-0.4, -0.2) is 43.3 Å². The molecule has 2 atom stereocenters. The molecule has 1 rings (SSSR count). The molecule has 1 saturated heterocycles. The van der Waals surface area contributed by atoms with Gasteiger partial charge in [0, 0.05) is 25.7 Å². The molecule has 0 saturated carbocycles. The normalized spacial score (nSPS) is 25.0. The van der Waals surface area contributed by atoms with Crippen molar-refractivity contribution >= 4 is 0 Å². The van der Waals surface area contributed by atoms with Gasteiger partial charge in [0.05, 0.1) is 6.10 Å². The predicted molar refractivity (Wildman–Crippen MR) is 63.9 cm³/mol. The molecule has 0 aromatic rings. The predicted octanol–water partition coefficient (Wildman–Crippen LogP) is 1.47. The van der Waals surface area contributed by atoms with Crippen LogP contribution in [0.5, 0.6) is 0 Å². The first-order chi connectivity index (χ1) is 7.19. The van der Waals surface area contributed by atoms with Crippen LogP contribution in [0.15, 0.2) is 0 Å². The molecule has 90 valence electrons. The maximum absolute atomic E-state index is 5.71. The summed E-state index contributed by atoms with van der Waals surface area (Å²) in [4.78, 5) is 2.55. The Hall–Kier alpha value is -0.120. The number of hydrogen-bond donors (Lipinski definition) is 1. The first kappa shape index (κ1) is 12.9. The summed E-state index contributed by atoms with van der Waals surface area (Å²) in [6.45, 7) is 10.3. The van der Waals surface area contributed by atoms with Crippen molar-refractivity contribution in [1.82, 2.24) is 4.90 Å². The summed E-state index contributed by atoms with van der Waals surface area (Å²) in [5, 5.41) is 0. The van der Waals surface area contributed by atoms with Crippen molar-refractivity contribution in [2.45, 2.75) is 45.8 Å². The lowest BCUT2D eigenvalue weighted by Crippen LogP contribution is -2.42. The molecule has 15 heavy (non-hydrogen) atoms. The number of rotatable bonds is 6. The topological polar surface area (TPSA) is 38.5 Å². The summed E-state index contributed by atoms with van der Waals surface area (Å²) in [6.07, 6.45) is 2.88. The second kappa shape index (κ2) is 6.46. The Morgan fingerprint density at radius 1 is 1.47 bits per heavy atom.